The van der Waals surface area contributed by atoms with Crippen LogP contribution in [0.3, 0.4) is 0 Å². The highest BCUT2D eigenvalue weighted by atomic mass is 19.1. The van der Waals surface area contributed by atoms with Crippen LogP contribution in [-0.2, 0) is 12.0 Å². The number of benzene rings is 1. The Hall–Kier alpha value is -2.83. The predicted octanol–water partition coefficient (Wildman–Crippen LogP) is 3.31. The molecule has 2 aromatic heterocycles. The van der Waals surface area contributed by atoms with Crippen LogP contribution in [0.5, 0.6) is 0 Å². The van der Waals surface area contributed by atoms with Crippen LogP contribution in [-0.4, -0.2) is 25.4 Å². The van der Waals surface area contributed by atoms with Gasteiger partial charge in [-0.2, -0.15) is 10.2 Å². The molecule has 124 valence electrons. The first kappa shape index (κ1) is 16.0. The van der Waals surface area contributed by atoms with Crippen LogP contribution < -0.4 is 5.32 Å². The average molecular weight is 326 g/mol. The molecule has 0 spiro atoms. The summed E-state index contributed by atoms with van der Waals surface area (Å²) in [4.78, 5) is 4.37. The minimum atomic E-state index is -0.312. The van der Waals surface area contributed by atoms with E-state index in [1.54, 1.807) is 12.1 Å². The van der Waals surface area contributed by atoms with Gasteiger partial charge in [-0.1, -0.05) is 32.9 Å². The maximum Gasteiger partial charge on any atom is 0.243 e. The second kappa shape index (κ2) is 6.35. The van der Waals surface area contributed by atoms with E-state index in [1.165, 1.54) is 18.3 Å². The number of nitrogens with one attached hydrogen (secondary N) is 2. The molecule has 2 N–H and O–H groups in total. The molecule has 0 radical (unpaired) electrons. The van der Waals surface area contributed by atoms with Crippen molar-refractivity contribution < 1.29 is 4.39 Å². The van der Waals surface area contributed by atoms with E-state index >= 15 is 0 Å². The van der Waals surface area contributed by atoms with Gasteiger partial charge in [-0.3, -0.25) is 5.10 Å². The molecule has 0 bridgehead atoms. The highest BCUT2D eigenvalue weighted by Crippen LogP contribution is 2.21. The number of nitrogens with zero attached hydrogens (tertiary/aromatic N) is 4. The van der Waals surface area contributed by atoms with Gasteiger partial charge in [0.1, 0.15) is 5.82 Å². The first-order chi connectivity index (χ1) is 11.4. The second-order valence-electron chi connectivity index (χ2n) is 6.56. The van der Waals surface area contributed by atoms with E-state index in [9.17, 15) is 4.39 Å². The minimum Gasteiger partial charge on any atom is -0.347 e. The lowest BCUT2D eigenvalue weighted by molar-refractivity contribution is 0.567. The van der Waals surface area contributed by atoms with Crippen LogP contribution in [0.4, 0.5) is 10.3 Å². The van der Waals surface area contributed by atoms with Crippen molar-refractivity contribution in [1.29, 1.82) is 0 Å². The van der Waals surface area contributed by atoms with Gasteiger partial charge in [0.15, 0.2) is 0 Å². The molecule has 0 aliphatic rings. The maximum absolute atomic E-state index is 13.3. The average Bonchev–Trinajstić information content (AvgIpc) is 3.02. The fourth-order valence-corrected chi connectivity index (χ4v) is 2.18. The van der Waals surface area contributed by atoms with E-state index < -0.39 is 0 Å². The largest absolute Gasteiger partial charge is 0.347 e. The molecule has 0 amide bonds. The standard InChI is InChI=1S/C17H19FN6/c1-17(2,3)15-8-13(22-23-15)9-19-16-21-14(10-20-24-16)11-5-4-6-12(18)7-11/h4-8,10H,9H2,1-3H3,(H,22,23)(H,19,21,24). The maximum atomic E-state index is 13.3. The van der Waals surface area contributed by atoms with Gasteiger partial charge in [-0.15, -0.1) is 5.10 Å². The number of aromatic amines is 1. The Kier molecular flexibility index (Phi) is 4.24. The highest BCUT2D eigenvalue weighted by molar-refractivity contribution is 5.58. The number of halogens is 1. The molecule has 0 saturated carbocycles. The Morgan fingerprint density at radius 3 is 2.75 bits per heavy atom. The van der Waals surface area contributed by atoms with Crippen molar-refractivity contribution in [2.45, 2.75) is 32.7 Å². The summed E-state index contributed by atoms with van der Waals surface area (Å²) < 4.78 is 13.3. The second-order valence-corrected chi connectivity index (χ2v) is 6.56. The van der Waals surface area contributed by atoms with Gasteiger partial charge in [-0.05, 0) is 18.2 Å². The molecule has 3 rings (SSSR count). The molecule has 7 heteroatoms. The normalized spacial score (nSPS) is 11.5. The van der Waals surface area contributed by atoms with Gasteiger partial charge >= 0.3 is 0 Å². The van der Waals surface area contributed by atoms with Gasteiger partial charge in [0.2, 0.25) is 5.95 Å². The van der Waals surface area contributed by atoms with Crippen LogP contribution in [0, 0.1) is 5.82 Å². The molecule has 3 aromatic rings. The summed E-state index contributed by atoms with van der Waals surface area (Å²) in [7, 11) is 0. The molecular formula is C17H19FN6. The molecule has 0 fully saturated rings. The van der Waals surface area contributed by atoms with Gasteiger partial charge in [0.25, 0.3) is 0 Å². The van der Waals surface area contributed by atoms with Crippen LogP contribution >= 0.6 is 0 Å². The van der Waals surface area contributed by atoms with Crippen molar-refractivity contribution in [3.8, 4) is 11.3 Å². The summed E-state index contributed by atoms with van der Waals surface area (Å²) in [6, 6.07) is 8.23. The van der Waals surface area contributed by atoms with E-state index in [4.69, 9.17) is 0 Å². The molecule has 6 nitrogen and oxygen atoms in total. The minimum absolute atomic E-state index is 0.00982. The Bertz CT molecular complexity index is 837. The zero-order valence-corrected chi connectivity index (χ0v) is 13.8. The van der Waals surface area contributed by atoms with Gasteiger partial charge in [0.05, 0.1) is 29.8 Å². The summed E-state index contributed by atoms with van der Waals surface area (Å²) in [5.74, 6) is 0.0662. The third-order valence-electron chi connectivity index (χ3n) is 3.52. The monoisotopic (exact) mass is 326 g/mol. The van der Waals surface area contributed by atoms with Crippen molar-refractivity contribution in [2.24, 2.45) is 0 Å². The van der Waals surface area contributed by atoms with Gasteiger partial charge in [0, 0.05) is 11.0 Å². The van der Waals surface area contributed by atoms with Gasteiger partial charge < -0.3 is 5.32 Å². The Morgan fingerprint density at radius 2 is 2.04 bits per heavy atom. The molecule has 0 atom stereocenters. The van der Waals surface area contributed by atoms with E-state index in [-0.39, 0.29) is 11.2 Å². The lowest BCUT2D eigenvalue weighted by atomic mass is 9.92. The van der Waals surface area contributed by atoms with Crippen molar-refractivity contribution in [2.75, 3.05) is 5.32 Å². The molecule has 24 heavy (non-hydrogen) atoms. The van der Waals surface area contributed by atoms with E-state index in [1.807, 2.05) is 6.07 Å². The number of anilines is 1. The summed E-state index contributed by atoms with van der Waals surface area (Å²) in [5, 5.41) is 18.3. The van der Waals surface area contributed by atoms with E-state index in [0.717, 1.165) is 11.4 Å². The fourth-order valence-electron chi connectivity index (χ4n) is 2.18. The molecular weight excluding hydrogens is 307 g/mol. The first-order valence-electron chi connectivity index (χ1n) is 7.66. The number of aromatic nitrogens is 5. The number of hydrogen-bond acceptors (Lipinski definition) is 5. The van der Waals surface area contributed by atoms with Crippen molar-refractivity contribution >= 4 is 5.95 Å². The fraction of sp³-hybridized carbons (Fsp3) is 0.294. The molecule has 0 saturated heterocycles. The molecule has 1 aromatic carbocycles. The highest BCUT2D eigenvalue weighted by Gasteiger charge is 2.17. The van der Waals surface area contributed by atoms with Gasteiger partial charge in [-0.25, -0.2) is 9.37 Å². The lowest BCUT2D eigenvalue weighted by Gasteiger charge is -2.13. The summed E-state index contributed by atoms with van der Waals surface area (Å²) in [5.41, 5.74) is 3.13. The van der Waals surface area contributed by atoms with Crippen molar-refractivity contribution in [3.63, 3.8) is 0 Å². The molecule has 0 unspecified atom stereocenters. The third kappa shape index (κ3) is 3.73. The molecule has 0 aliphatic heterocycles. The summed E-state index contributed by atoms with van der Waals surface area (Å²) in [6.45, 7) is 6.82. The lowest BCUT2D eigenvalue weighted by Crippen LogP contribution is -2.11. The topological polar surface area (TPSA) is 79.4 Å². The Labute approximate surface area is 139 Å². The van der Waals surface area contributed by atoms with Crippen LogP contribution in [0.25, 0.3) is 11.3 Å². The first-order valence-corrected chi connectivity index (χ1v) is 7.66. The molecule has 2 heterocycles. The SMILES string of the molecule is CC(C)(C)c1cc(CNc2nncc(-c3cccc(F)c3)n2)[nH]n1. The summed E-state index contributed by atoms with van der Waals surface area (Å²) >= 11 is 0. The zero-order valence-electron chi connectivity index (χ0n) is 13.8. The number of H-pyrrole nitrogens is 1. The smallest absolute Gasteiger partial charge is 0.243 e. The summed E-state index contributed by atoms with van der Waals surface area (Å²) in [6.07, 6.45) is 1.51. The Balaban J connectivity index is 1.72. The quantitative estimate of drug-likeness (QED) is 0.769. The number of rotatable bonds is 4. The van der Waals surface area contributed by atoms with Crippen LogP contribution in [0.1, 0.15) is 32.2 Å². The predicted molar refractivity (Wildman–Crippen MR) is 89.8 cm³/mol. The molecule has 0 aliphatic carbocycles. The Morgan fingerprint density at radius 1 is 1.21 bits per heavy atom. The van der Waals surface area contributed by atoms with Crippen LogP contribution in [0.15, 0.2) is 36.5 Å². The van der Waals surface area contributed by atoms with E-state index in [0.29, 0.717) is 23.8 Å². The van der Waals surface area contributed by atoms with Crippen molar-refractivity contribution in [3.05, 3.63) is 53.7 Å². The van der Waals surface area contributed by atoms with E-state index in [2.05, 4.69) is 51.5 Å². The van der Waals surface area contributed by atoms with Crippen LogP contribution in [0.2, 0.25) is 0 Å². The van der Waals surface area contributed by atoms with Crippen molar-refractivity contribution in [1.82, 2.24) is 25.4 Å². The zero-order chi connectivity index (χ0) is 17.2. The number of hydrogen-bond donors (Lipinski definition) is 2. The third-order valence-corrected chi connectivity index (χ3v) is 3.52.